The van der Waals surface area contributed by atoms with E-state index in [-0.39, 0.29) is 17.2 Å². The van der Waals surface area contributed by atoms with Crippen molar-refractivity contribution in [2.75, 3.05) is 5.32 Å². The Kier molecular flexibility index (Phi) is 3.86. The Bertz CT molecular complexity index is 651. The fraction of sp³-hybridized carbons (Fsp3) is 0.167. The van der Waals surface area contributed by atoms with Gasteiger partial charge in [-0.2, -0.15) is 5.26 Å². The Labute approximate surface area is 118 Å². The van der Waals surface area contributed by atoms with Gasteiger partial charge in [0.15, 0.2) is 5.71 Å². The third-order valence-corrected chi connectivity index (χ3v) is 2.88. The minimum absolute atomic E-state index is 0.116. The second-order valence-electron chi connectivity index (χ2n) is 3.94. The van der Waals surface area contributed by atoms with Crippen molar-refractivity contribution in [3.8, 4) is 6.07 Å². The van der Waals surface area contributed by atoms with Crippen LogP contribution in [0.3, 0.4) is 0 Å². The number of carboxylic acid groups (broad SMARTS) is 1. The number of anilines is 1. The van der Waals surface area contributed by atoms with Gasteiger partial charge >= 0.3 is 5.97 Å². The summed E-state index contributed by atoms with van der Waals surface area (Å²) in [5, 5.41) is 23.4. The molecule has 102 valence electrons. The summed E-state index contributed by atoms with van der Waals surface area (Å²) in [7, 11) is 0. The zero-order valence-corrected chi connectivity index (χ0v) is 10.7. The van der Waals surface area contributed by atoms with Crippen LogP contribution in [-0.4, -0.2) is 28.8 Å². The highest BCUT2D eigenvalue weighted by Gasteiger charge is 2.31. The van der Waals surface area contributed by atoms with Gasteiger partial charge in [0.2, 0.25) is 6.10 Å². The molecule has 2 rings (SSSR count). The summed E-state index contributed by atoms with van der Waals surface area (Å²) in [4.78, 5) is 27.3. The van der Waals surface area contributed by atoms with Crippen LogP contribution in [0.5, 0.6) is 0 Å². The van der Waals surface area contributed by atoms with Gasteiger partial charge in [0, 0.05) is 6.42 Å². The zero-order chi connectivity index (χ0) is 14.7. The predicted molar refractivity (Wildman–Crippen MR) is 69.4 cm³/mol. The van der Waals surface area contributed by atoms with Crippen LogP contribution < -0.4 is 5.32 Å². The molecule has 0 aromatic heterocycles. The van der Waals surface area contributed by atoms with Gasteiger partial charge in [-0.3, -0.25) is 4.79 Å². The number of hydrogen-bond donors (Lipinski definition) is 2. The van der Waals surface area contributed by atoms with Crippen molar-refractivity contribution in [1.29, 1.82) is 5.26 Å². The number of carbonyl (C=O) groups is 2. The van der Waals surface area contributed by atoms with E-state index in [2.05, 4.69) is 10.5 Å². The zero-order valence-electron chi connectivity index (χ0n) is 9.96. The molecule has 1 heterocycles. The third kappa shape index (κ3) is 2.87. The number of carboxylic acids is 1. The first kappa shape index (κ1) is 13.8. The van der Waals surface area contributed by atoms with E-state index in [4.69, 9.17) is 26.8 Å². The number of aliphatic carboxylic acids is 1. The summed E-state index contributed by atoms with van der Waals surface area (Å²) >= 11 is 5.91. The highest BCUT2D eigenvalue weighted by atomic mass is 35.5. The van der Waals surface area contributed by atoms with E-state index < -0.39 is 18.0 Å². The fourth-order valence-corrected chi connectivity index (χ4v) is 1.77. The largest absolute Gasteiger partial charge is 0.477 e. The molecular formula is C12H8ClN3O4. The third-order valence-electron chi connectivity index (χ3n) is 2.56. The molecule has 0 saturated carbocycles. The maximum absolute atomic E-state index is 11.9. The second-order valence-corrected chi connectivity index (χ2v) is 4.34. The summed E-state index contributed by atoms with van der Waals surface area (Å²) in [6, 6.07) is 6.30. The minimum Gasteiger partial charge on any atom is -0.477 e. The van der Waals surface area contributed by atoms with Crippen molar-refractivity contribution < 1.29 is 19.5 Å². The Morgan fingerprint density at radius 2 is 2.30 bits per heavy atom. The lowest BCUT2D eigenvalue weighted by Crippen LogP contribution is -2.29. The number of amides is 1. The molecule has 1 amide bonds. The van der Waals surface area contributed by atoms with Crippen molar-refractivity contribution in [2.24, 2.45) is 5.16 Å². The standard InChI is InChI=1S/C12H8ClN3O4/c13-7-3-6(5-14)1-2-8(7)15-11(17)10-4-9(12(18)19)16-20-10/h1-3,10H,4H2,(H,15,17)(H,18,19). The summed E-state index contributed by atoms with van der Waals surface area (Å²) in [6.45, 7) is 0. The normalized spacial score (nSPS) is 16.8. The lowest BCUT2D eigenvalue weighted by Gasteiger charge is -2.10. The van der Waals surface area contributed by atoms with Gasteiger partial charge in [0.05, 0.1) is 22.3 Å². The van der Waals surface area contributed by atoms with Gasteiger partial charge in [0.25, 0.3) is 5.91 Å². The smallest absolute Gasteiger partial charge is 0.353 e. The first-order valence-corrected chi connectivity index (χ1v) is 5.85. The summed E-state index contributed by atoms with van der Waals surface area (Å²) < 4.78 is 0. The van der Waals surface area contributed by atoms with Crippen molar-refractivity contribution in [1.82, 2.24) is 0 Å². The molecule has 2 N–H and O–H groups in total. The van der Waals surface area contributed by atoms with Gasteiger partial charge in [-0.05, 0) is 18.2 Å². The average Bonchev–Trinajstić information content (AvgIpc) is 2.91. The number of halogens is 1. The van der Waals surface area contributed by atoms with Crippen LogP contribution in [0.4, 0.5) is 5.69 Å². The highest BCUT2D eigenvalue weighted by molar-refractivity contribution is 6.36. The van der Waals surface area contributed by atoms with Gasteiger partial charge in [-0.15, -0.1) is 0 Å². The number of rotatable bonds is 3. The number of nitriles is 1. The summed E-state index contributed by atoms with van der Waals surface area (Å²) in [5.41, 5.74) is 0.459. The van der Waals surface area contributed by atoms with Crippen molar-refractivity contribution in [2.45, 2.75) is 12.5 Å². The molecule has 0 radical (unpaired) electrons. The second kappa shape index (κ2) is 5.59. The number of carbonyl (C=O) groups excluding carboxylic acids is 1. The highest BCUT2D eigenvalue weighted by Crippen LogP contribution is 2.24. The number of oxime groups is 1. The SMILES string of the molecule is N#Cc1ccc(NC(=O)C2CC(C(=O)O)=NO2)c(Cl)c1. The molecule has 20 heavy (non-hydrogen) atoms. The lowest BCUT2D eigenvalue weighted by atomic mass is 10.1. The van der Waals surface area contributed by atoms with E-state index in [9.17, 15) is 9.59 Å². The molecule has 1 aromatic carbocycles. The van der Waals surface area contributed by atoms with Crippen LogP contribution >= 0.6 is 11.6 Å². The molecule has 8 heteroatoms. The number of nitrogens with zero attached hydrogens (tertiary/aromatic N) is 2. The van der Waals surface area contributed by atoms with Crippen LogP contribution in [0.2, 0.25) is 5.02 Å². The fourth-order valence-electron chi connectivity index (χ4n) is 1.54. The summed E-state index contributed by atoms with van der Waals surface area (Å²) in [5.74, 6) is -1.78. The van der Waals surface area contributed by atoms with Gasteiger partial charge in [-0.1, -0.05) is 16.8 Å². The number of benzene rings is 1. The molecule has 0 bridgehead atoms. The van der Waals surface area contributed by atoms with Crippen LogP contribution in [0, 0.1) is 11.3 Å². The van der Waals surface area contributed by atoms with E-state index in [0.717, 1.165) is 0 Å². The number of hydrogen-bond acceptors (Lipinski definition) is 5. The Hall–Kier alpha value is -2.59. The average molecular weight is 294 g/mol. The molecular weight excluding hydrogens is 286 g/mol. The van der Waals surface area contributed by atoms with Crippen molar-refractivity contribution >= 4 is 34.9 Å². The lowest BCUT2D eigenvalue weighted by molar-refractivity contribution is -0.129. The molecule has 0 fully saturated rings. The van der Waals surface area contributed by atoms with Gasteiger partial charge < -0.3 is 15.3 Å². The first-order chi connectivity index (χ1) is 9.51. The Morgan fingerprint density at radius 3 is 2.85 bits per heavy atom. The van der Waals surface area contributed by atoms with E-state index in [0.29, 0.717) is 11.3 Å². The maximum atomic E-state index is 11.9. The Balaban J connectivity index is 2.03. The van der Waals surface area contributed by atoms with Crippen molar-refractivity contribution in [3.63, 3.8) is 0 Å². The number of nitrogens with one attached hydrogen (secondary N) is 1. The molecule has 1 atom stereocenters. The van der Waals surface area contributed by atoms with Crippen LogP contribution in [-0.2, 0) is 14.4 Å². The first-order valence-electron chi connectivity index (χ1n) is 5.47. The van der Waals surface area contributed by atoms with E-state index >= 15 is 0 Å². The molecule has 1 unspecified atom stereocenters. The predicted octanol–water partition coefficient (Wildman–Crippen LogP) is 1.38. The van der Waals surface area contributed by atoms with E-state index in [1.54, 1.807) is 0 Å². The molecule has 0 spiro atoms. The van der Waals surface area contributed by atoms with E-state index in [1.165, 1.54) is 18.2 Å². The molecule has 7 nitrogen and oxygen atoms in total. The quantitative estimate of drug-likeness (QED) is 0.874. The Morgan fingerprint density at radius 1 is 1.55 bits per heavy atom. The minimum atomic E-state index is -1.23. The monoisotopic (exact) mass is 293 g/mol. The summed E-state index contributed by atoms with van der Waals surface area (Å²) in [6.07, 6.45) is -1.12. The van der Waals surface area contributed by atoms with Crippen molar-refractivity contribution in [3.05, 3.63) is 28.8 Å². The van der Waals surface area contributed by atoms with Crippen LogP contribution in [0.25, 0.3) is 0 Å². The molecule has 1 aliphatic heterocycles. The van der Waals surface area contributed by atoms with E-state index in [1.807, 2.05) is 6.07 Å². The van der Waals surface area contributed by atoms with Gasteiger partial charge in [0.1, 0.15) is 0 Å². The van der Waals surface area contributed by atoms with Crippen LogP contribution in [0.15, 0.2) is 23.4 Å². The molecule has 1 aromatic rings. The van der Waals surface area contributed by atoms with Crippen LogP contribution in [0.1, 0.15) is 12.0 Å². The molecule has 0 aliphatic carbocycles. The maximum Gasteiger partial charge on any atom is 0.353 e. The molecule has 1 aliphatic rings. The molecule has 0 saturated heterocycles. The van der Waals surface area contributed by atoms with Gasteiger partial charge in [-0.25, -0.2) is 4.79 Å². The topological polar surface area (TPSA) is 112 Å².